The zero-order valence-electron chi connectivity index (χ0n) is 12.2. The first-order valence-corrected chi connectivity index (χ1v) is 7.10. The molecule has 1 heterocycles. The lowest BCUT2D eigenvalue weighted by molar-refractivity contribution is -0.0159. The van der Waals surface area contributed by atoms with Gasteiger partial charge >= 0.3 is 0 Å². The van der Waals surface area contributed by atoms with Gasteiger partial charge in [0.05, 0.1) is 18.8 Å². The van der Waals surface area contributed by atoms with Crippen LogP contribution in [-0.4, -0.2) is 37.5 Å². The minimum atomic E-state index is 0.169. The lowest BCUT2D eigenvalue weighted by Gasteiger charge is -2.23. The lowest BCUT2D eigenvalue weighted by Crippen LogP contribution is -2.41. The third-order valence-corrected chi connectivity index (χ3v) is 3.06. The second-order valence-electron chi connectivity index (χ2n) is 6.09. The van der Waals surface area contributed by atoms with Gasteiger partial charge < -0.3 is 14.8 Å². The van der Waals surface area contributed by atoms with E-state index in [9.17, 15) is 0 Å². The van der Waals surface area contributed by atoms with Crippen LogP contribution in [0.1, 0.15) is 46.5 Å². The van der Waals surface area contributed by atoms with E-state index in [-0.39, 0.29) is 5.54 Å². The molecule has 1 rings (SSSR count). The predicted octanol–water partition coefficient (Wildman–Crippen LogP) is 2.90. The lowest BCUT2D eigenvalue weighted by atomic mass is 10.1. The van der Waals surface area contributed by atoms with Crippen molar-refractivity contribution in [1.29, 1.82) is 0 Å². The minimum Gasteiger partial charge on any atom is -0.379 e. The molecule has 0 aromatic carbocycles. The van der Waals surface area contributed by atoms with Crippen molar-refractivity contribution in [2.24, 2.45) is 0 Å². The van der Waals surface area contributed by atoms with E-state index in [0.717, 1.165) is 45.4 Å². The molecule has 0 aromatic rings. The van der Waals surface area contributed by atoms with Crippen LogP contribution in [0.5, 0.6) is 0 Å². The van der Waals surface area contributed by atoms with Crippen LogP contribution in [0.25, 0.3) is 0 Å². The van der Waals surface area contributed by atoms with Gasteiger partial charge in [-0.05, 0) is 46.5 Å². The summed E-state index contributed by atoms with van der Waals surface area (Å²) in [5, 5.41) is 3.49. The third-order valence-electron chi connectivity index (χ3n) is 3.06. The number of unbranched alkanes of at least 4 members (excludes halogenated alkanes) is 1. The second-order valence-corrected chi connectivity index (χ2v) is 6.09. The Morgan fingerprint density at radius 3 is 2.72 bits per heavy atom. The molecule has 0 aliphatic carbocycles. The Labute approximate surface area is 112 Å². The number of rotatable bonds is 8. The molecule has 1 aliphatic heterocycles. The maximum atomic E-state index is 5.96. The summed E-state index contributed by atoms with van der Waals surface area (Å²) >= 11 is 0. The van der Waals surface area contributed by atoms with Crippen molar-refractivity contribution in [2.45, 2.75) is 64.2 Å². The Hall–Kier alpha value is -0.380. The average Bonchev–Trinajstić information content (AvgIpc) is 2.73. The summed E-state index contributed by atoms with van der Waals surface area (Å²) in [6.07, 6.45) is 6.94. The first-order valence-electron chi connectivity index (χ1n) is 7.10. The van der Waals surface area contributed by atoms with E-state index < -0.39 is 0 Å². The van der Waals surface area contributed by atoms with Crippen molar-refractivity contribution in [2.75, 3.05) is 19.8 Å². The molecular formula is C15H29NO2. The van der Waals surface area contributed by atoms with Gasteiger partial charge in [0.15, 0.2) is 0 Å². The fourth-order valence-corrected chi connectivity index (χ4v) is 2.02. The molecule has 0 spiro atoms. The van der Waals surface area contributed by atoms with Crippen LogP contribution >= 0.6 is 0 Å². The zero-order chi connectivity index (χ0) is 13.4. The number of ether oxygens (including phenoxy) is 2. The van der Waals surface area contributed by atoms with Gasteiger partial charge in [-0.25, -0.2) is 0 Å². The smallest absolute Gasteiger partial charge is 0.0813 e. The molecule has 3 heteroatoms. The highest BCUT2D eigenvalue weighted by atomic mass is 16.5. The highest BCUT2D eigenvalue weighted by Gasteiger charge is 2.26. The summed E-state index contributed by atoms with van der Waals surface area (Å²) in [6.45, 7) is 12.7. The normalized spacial score (nSPS) is 24.4. The number of hydrogen-bond acceptors (Lipinski definition) is 3. The molecule has 0 radical (unpaired) electrons. The Balaban J connectivity index is 2.04. The van der Waals surface area contributed by atoms with Crippen LogP contribution in [0.2, 0.25) is 0 Å². The van der Waals surface area contributed by atoms with Crippen LogP contribution in [0.3, 0.4) is 0 Å². The van der Waals surface area contributed by atoms with Crippen LogP contribution in [0, 0.1) is 0 Å². The highest BCUT2D eigenvalue weighted by Crippen LogP contribution is 2.20. The van der Waals surface area contributed by atoms with Crippen LogP contribution in [-0.2, 0) is 9.47 Å². The zero-order valence-corrected chi connectivity index (χ0v) is 12.2. The molecule has 18 heavy (non-hydrogen) atoms. The Kier molecular flexibility index (Phi) is 6.90. The molecular weight excluding hydrogens is 226 g/mol. The summed E-state index contributed by atoms with van der Waals surface area (Å²) in [5.41, 5.74) is 0.169. The second kappa shape index (κ2) is 7.93. The monoisotopic (exact) mass is 255 g/mol. The first-order chi connectivity index (χ1) is 8.51. The summed E-state index contributed by atoms with van der Waals surface area (Å²) < 4.78 is 11.6. The van der Waals surface area contributed by atoms with Crippen LogP contribution in [0.15, 0.2) is 12.7 Å². The van der Waals surface area contributed by atoms with Crippen LogP contribution < -0.4 is 5.32 Å². The third kappa shape index (κ3) is 7.14. The topological polar surface area (TPSA) is 30.5 Å². The summed E-state index contributed by atoms with van der Waals surface area (Å²) in [6, 6.07) is 0. The molecule has 1 N–H and O–H groups in total. The molecule has 2 unspecified atom stereocenters. The Morgan fingerprint density at radius 2 is 2.06 bits per heavy atom. The maximum absolute atomic E-state index is 5.96. The fraction of sp³-hybridized carbons (Fsp3) is 0.867. The van der Waals surface area contributed by atoms with E-state index in [0.29, 0.717) is 12.2 Å². The highest BCUT2D eigenvalue weighted by molar-refractivity contribution is 4.79. The quantitative estimate of drug-likeness (QED) is 0.534. The van der Waals surface area contributed by atoms with E-state index in [4.69, 9.17) is 9.47 Å². The van der Waals surface area contributed by atoms with Gasteiger partial charge in [0.2, 0.25) is 0 Å². The Morgan fingerprint density at radius 1 is 1.33 bits per heavy atom. The molecule has 2 atom stereocenters. The van der Waals surface area contributed by atoms with Gasteiger partial charge in [0.25, 0.3) is 0 Å². The van der Waals surface area contributed by atoms with Gasteiger partial charge in [-0.3, -0.25) is 0 Å². The van der Waals surface area contributed by atoms with Gasteiger partial charge in [-0.1, -0.05) is 6.08 Å². The van der Waals surface area contributed by atoms with E-state index in [1.54, 1.807) is 0 Å². The predicted molar refractivity (Wildman–Crippen MR) is 75.9 cm³/mol. The maximum Gasteiger partial charge on any atom is 0.0813 e. The molecule has 0 bridgehead atoms. The van der Waals surface area contributed by atoms with Gasteiger partial charge in [0, 0.05) is 18.7 Å². The van der Waals surface area contributed by atoms with Crippen molar-refractivity contribution in [3.8, 4) is 0 Å². The van der Waals surface area contributed by atoms with Crippen LogP contribution in [0.4, 0.5) is 0 Å². The van der Waals surface area contributed by atoms with Gasteiger partial charge in [-0.15, -0.1) is 6.58 Å². The molecule has 0 amide bonds. The largest absolute Gasteiger partial charge is 0.379 e. The van der Waals surface area contributed by atoms with E-state index >= 15 is 0 Å². The first kappa shape index (κ1) is 15.7. The summed E-state index contributed by atoms with van der Waals surface area (Å²) in [5.74, 6) is 0. The molecule has 1 fully saturated rings. The number of allylic oxidation sites excluding steroid dienone is 1. The SMILES string of the molecule is C=CCCCOCC1CCC(CNC(C)(C)C)O1. The fourth-order valence-electron chi connectivity index (χ4n) is 2.02. The number of hydrogen-bond donors (Lipinski definition) is 1. The van der Waals surface area contributed by atoms with E-state index in [1.165, 1.54) is 0 Å². The van der Waals surface area contributed by atoms with E-state index in [1.807, 2.05) is 6.08 Å². The molecule has 1 saturated heterocycles. The van der Waals surface area contributed by atoms with Gasteiger partial charge in [-0.2, -0.15) is 0 Å². The van der Waals surface area contributed by atoms with Crippen molar-refractivity contribution >= 4 is 0 Å². The standard InChI is InChI=1S/C15H29NO2/c1-5-6-7-10-17-12-14-9-8-13(18-14)11-16-15(2,3)4/h5,13-14,16H,1,6-12H2,2-4H3. The molecule has 0 saturated carbocycles. The Bertz CT molecular complexity index is 235. The van der Waals surface area contributed by atoms with Crippen molar-refractivity contribution < 1.29 is 9.47 Å². The molecule has 106 valence electrons. The minimum absolute atomic E-state index is 0.169. The van der Waals surface area contributed by atoms with E-state index in [2.05, 4.69) is 32.7 Å². The molecule has 1 aliphatic rings. The van der Waals surface area contributed by atoms with Crippen molar-refractivity contribution in [3.63, 3.8) is 0 Å². The van der Waals surface area contributed by atoms with Crippen molar-refractivity contribution in [3.05, 3.63) is 12.7 Å². The van der Waals surface area contributed by atoms with Crippen molar-refractivity contribution in [1.82, 2.24) is 5.32 Å². The molecule has 3 nitrogen and oxygen atoms in total. The summed E-state index contributed by atoms with van der Waals surface area (Å²) in [7, 11) is 0. The average molecular weight is 255 g/mol. The number of nitrogens with one attached hydrogen (secondary N) is 1. The van der Waals surface area contributed by atoms with Gasteiger partial charge in [0.1, 0.15) is 0 Å². The summed E-state index contributed by atoms with van der Waals surface area (Å²) in [4.78, 5) is 0. The molecule has 0 aromatic heterocycles.